The van der Waals surface area contributed by atoms with Crippen LogP contribution >= 0.6 is 15.9 Å². The van der Waals surface area contributed by atoms with Crippen LogP contribution in [-0.4, -0.2) is 17.1 Å². The van der Waals surface area contributed by atoms with Crippen LogP contribution in [0.5, 0.6) is 5.75 Å². The van der Waals surface area contributed by atoms with E-state index in [0.29, 0.717) is 17.5 Å². The number of anilines is 2. The second-order valence-corrected chi connectivity index (χ2v) is 5.96. The van der Waals surface area contributed by atoms with Gasteiger partial charge in [-0.25, -0.2) is 0 Å². The smallest absolute Gasteiger partial charge is 0.168 e. The average molecular weight is 427 g/mol. The highest BCUT2D eigenvalue weighted by atomic mass is 79.9. The Kier molecular flexibility index (Phi) is 10.2. The first kappa shape index (κ1) is 22.1. The molecule has 4 nitrogen and oxygen atoms in total. The lowest BCUT2D eigenvalue weighted by molar-refractivity contribution is -0.102. The fraction of sp³-hybridized carbons (Fsp3) is 0.0909. The van der Waals surface area contributed by atoms with Gasteiger partial charge in [0.25, 0.3) is 0 Å². The zero-order valence-corrected chi connectivity index (χ0v) is 16.9. The van der Waals surface area contributed by atoms with E-state index in [9.17, 15) is 9.90 Å². The first-order chi connectivity index (χ1) is 13.1. The first-order valence-corrected chi connectivity index (χ1v) is 9.29. The van der Waals surface area contributed by atoms with Crippen LogP contribution in [-0.2, 0) is 4.79 Å². The van der Waals surface area contributed by atoms with E-state index in [1.54, 1.807) is 42.5 Å². The van der Waals surface area contributed by atoms with Gasteiger partial charge in [0.15, 0.2) is 6.29 Å². The Bertz CT molecular complexity index is 834. The van der Waals surface area contributed by atoms with E-state index in [0.717, 1.165) is 10.2 Å². The monoisotopic (exact) mass is 426 g/mol. The standard InChI is InChI=1S/C14H12N2O2.C6H5Br.C2H6/c15-13(9-17)12-3-1-2-4-14(12)16-10-5-7-11(18)8-6-10;7-6-4-2-1-3-5-6;1-2/h1-9,15-16,18H;1-5H;1-2H3. The highest BCUT2D eigenvalue weighted by Crippen LogP contribution is 2.22. The first-order valence-electron chi connectivity index (χ1n) is 8.50. The number of carbonyl (C=O) groups is 1. The molecule has 140 valence electrons. The van der Waals surface area contributed by atoms with Gasteiger partial charge in [0, 0.05) is 21.4 Å². The zero-order chi connectivity index (χ0) is 20.1. The molecule has 0 aliphatic carbocycles. The number of hydrogen-bond acceptors (Lipinski definition) is 4. The summed E-state index contributed by atoms with van der Waals surface area (Å²) in [6.07, 6.45) is 0.511. The van der Waals surface area contributed by atoms with Gasteiger partial charge < -0.3 is 10.4 Å². The van der Waals surface area contributed by atoms with Crippen molar-refractivity contribution in [3.8, 4) is 5.75 Å². The van der Waals surface area contributed by atoms with Gasteiger partial charge in [-0.3, -0.25) is 10.2 Å². The van der Waals surface area contributed by atoms with Crippen LogP contribution < -0.4 is 5.32 Å². The van der Waals surface area contributed by atoms with E-state index in [1.807, 2.05) is 50.2 Å². The molecule has 0 atom stereocenters. The Labute approximate surface area is 168 Å². The summed E-state index contributed by atoms with van der Waals surface area (Å²) in [5.74, 6) is 0.189. The quantitative estimate of drug-likeness (QED) is 0.265. The third-order valence-electron chi connectivity index (χ3n) is 3.21. The molecule has 0 aliphatic heterocycles. The van der Waals surface area contributed by atoms with Gasteiger partial charge in [0.2, 0.25) is 0 Å². The summed E-state index contributed by atoms with van der Waals surface area (Å²) in [5.41, 5.74) is 1.93. The fourth-order valence-electron chi connectivity index (χ4n) is 2.01. The summed E-state index contributed by atoms with van der Waals surface area (Å²) in [6.45, 7) is 4.00. The van der Waals surface area contributed by atoms with Gasteiger partial charge in [-0.15, -0.1) is 0 Å². The summed E-state index contributed by atoms with van der Waals surface area (Å²) in [5, 5.41) is 19.9. The maximum absolute atomic E-state index is 10.7. The minimum Gasteiger partial charge on any atom is -0.508 e. The Hall–Kier alpha value is -2.92. The maximum Gasteiger partial charge on any atom is 0.168 e. The molecule has 0 aliphatic rings. The molecule has 0 radical (unpaired) electrons. The minimum atomic E-state index is -0.0723. The van der Waals surface area contributed by atoms with Crippen molar-refractivity contribution < 1.29 is 9.90 Å². The van der Waals surface area contributed by atoms with Crippen molar-refractivity contribution in [2.24, 2.45) is 0 Å². The third kappa shape index (κ3) is 7.88. The Morgan fingerprint density at radius 2 is 1.48 bits per heavy atom. The lowest BCUT2D eigenvalue weighted by Crippen LogP contribution is -2.04. The van der Waals surface area contributed by atoms with Crippen molar-refractivity contribution >= 4 is 39.3 Å². The maximum atomic E-state index is 10.7. The van der Waals surface area contributed by atoms with Crippen LogP contribution in [0.1, 0.15) is 19.4 Å². The molecule has 0 bridgehead atoms. The molecule has 0 heterocycles. The van der Waals surface area contributed by atoms with Crippen molar-refractivity contribution in [2.75, 3.05) is 5.32 Å². The van der Waals surface area contributed by atoms with E-state index in [-0.39, 0.29) is 11.5 Å². The SMILES string of the molecule is Brc1ccccc1.CC.N=C(C=O)c1ccccc1Nc1ccc(O)cc1. The number of halogens is 1. The predicted molar refractivity (Wildman–Crippen MR) is 116 cm³/mol. The second kappa shape index (κ2) is 12.4. The number of carbonyl (C=O) groups excluding carboxylic acids is 1. The number of aldehydes is 1. The van der Waals surface area contributed by atoms with Gasteiger partial charge in [0.05, 0.1) is 0 Å². The average Bonchev–Trinajstić information content (AvgIpc) is 2.72. The predicted octanol–water partition coefficient (Wildman–Crippen LogP) is 6.18. The number of hydrogen-bond donors (Lipinski definition) is 3. The summed E-state index contributed by atoms with van der Waals surface area (Å²) < 4.78 is 1.13. The van der Waals surface area contributed by atoms with Crippen LogP contribution in [0.25, 0.3) is 0 Å². The Morgan fingerprint density at radius 1 is 0.926 bits per heavy atom. The summed E-state index contributed by atoms with van der Waals surface area (Å²) in [6, 6.07) is 23.6. The molecule has 27 heavy (non-hydrogen) atoms. The molecule has 3 N–H and O–H groups in total. The van der Waals surface area contributed by atoms with E-state index >= 15 is 0 Å². The number of phenolic OH excluding ortho intramolecular Hbond substituents is 1. The third-order valence-corrected chi connectivity index (χ3v) is 3.74. The molecule has 0 spiro atoms. The molecule has 5 heteroatoms. The van der Waals surface area contributed by atoms with Crippen LogP contribution in [0.4, 0.5) is 11.4 Å². The number of phenols is 1. The van der Waals surface area contributed by atoms with E-state index in [2.05, 4.69) is 21.2 Å². The molecule has 3 aromatic carbocycles. The van der Waals surface area contributed by atoms with E-state index in [4.69, 9.17) is 5.41 Å². The molecule has 0 unspecified atom stereocenters. The molecular formula is C22H23BrN2O2. The number of rotatable bonds is 4. The summed E-state index contributed by atoms with van der Waals surface area (Å²) in [7, 11) is 0. The summed E-state index contributed by atoms with van der Waals surface area (Å²) >= 11 is 3.31. The minimum absolute atomic E-state index is 0.0723. The topological polar surface area (TPSA) is 73.2 Å². The highest BCUT2D eigenvalue weighted by molar-refractivity contribution is 9.10. The number of benzene rings is 3. The van der Waals surface area contributed by atoms with Gasteiger partial charge in [-0.1, -0.05) is 66.2 Å². The number of aromatic hydroxyl groups is 1. The lowest BCUT2D eigenvalue weighted by Gasteiger charge is -2.10. The van der Waals surface area contributed by atoms with Crippen LogP contribution in [0.15, 0.2) is 83.3 Å². The molecule has 0 fully saturated rings. The van der Waals surface area contributed by atoms with Gasteiger partial charge in [0.1, 0.15) is 11.5 Å². The second-order valence-electron chi connectivity index (χ2n) is 5.04. The molecule has 3 aromatic rings. The largest absolute Gasteiger partial charge is 0.508 e. The Balaban J connectivity index is 0.000000338. The van der Waals surface area contributed by atoms with Crippen molar-refractivity contribution in [1.29, 1.82) is 5.41 Å². The molecular weight excluding hydrogens is 404 g/mol. The zero-order valence-electron chi connectivity index (χ0n) is 15.3. The van der Waals surface area contributed by atoms with Crippen molar-refractivity contribution in [2.45, 2.75) is 13.8 Å². The molecule has 0 amide bonds. The summed E-state index contributed by atoms with van der Waals surface area (Å²) in [4.78, 5) is 10.7. The van der Waals surface area contributed by atoms with Crippen molar-refractivity contribution in [3.63, 3.8) is 0 Å². The van der Waals surface area contributed by atoms with Gasteiger partial charge >= 0.3 is 0 Å². The molecule has 3 rings (SSSR count). The normalized spacial score (nSPS) is 9.00. The van der Waals surface area contributed by atoms with Crippen molar-refractivity contribution in [1.82, 2.24) is 0 Å². The number of para-hydroxylation sites is 1. The fourth-order valence-corrected chi connectivity index (χ4v) is 2.31. The van der Waals surface area contributed by atoms with Gasteiger partial charge in [-0.2, -0.15) is 0 Å². The van der Waals surface area contributed by atoms with E-state index < -0.39 is 0 Å². The van der Waals surface area contributed by atoms with Crippen LogP contribution in [0.2, 0.25) is 0 Å². The van der Waals surface area contributed by atoms with Crippen LogP contribution in [0.3, 0.4) is 0 Å². The lowest BCUT2D eigenvalue weighted by atomic mass is 10.1. The van der Waals surface area contributed by atoms with Gasteiger partial charge in [-0.05, 0) is 42.5 Å². The molecule has 0 aromatic heterocycles. The number of nitrogens with one attached hydrogen (secondary N) is 2. The van der Waals surface area contributed by atoms with Crippen LogP contribution in [0, 0.1) is 5.41 Å². The molecule has 0 saturated carbocycles. The Morgan fingerprint density at radius 3 is 2.00 bits per heavy atom. The van der Waals surface area contributed by atoms with Crippen molar-refractivity contribution in [3.05, 3.63) is 88.9 Å². The highest BCUT2D eigenvalue weighted by Gasteiger charge is 2.06. The molecule has 0 saturated heterocycles. The van der Waals surface area contributed by atoms with E-state index in [1.165, 1.54) is 0 Å².